The van der Waals surface area contributed by atoms with E-state index in [4.69, 9.17) is 9.15 Å². The molecule has 4 rings (SSSR count). The van der Waals surface area contributed by atoms with Crippen molar-refractivity contribution in [3.8, 4) is 11.5 Å². The SMILES string of the molecule is O=C(NCC1CCN(Cc2nnc(-c3ccccc3)o2)CC1)[C@H]1CCCO1. The lowest BCUT2D eigenvalue weighted by Gasteiger charge is -2.31. The number of piperidine rings is 1. The third-order valence-electron chi connectivity index (χ3n) is 5.34. The standard InChI is InChI=1S/C20H26N4O3/c25-19(17-7-4-12-26-17)21-13-15-8-10-24(11-9-15)14-18-22-23-20(27-18)16-5-2-1-3-6-16/h1-3,5-6,15,17H,4,7-14H2,(H,21,25)/t17-/m1/s1. The zero-order valence-corrected chi connectivity index (χ0v) is 15.5. The number of nitrogens with zero attached hydrogens (tertiary/aromatic N) is 3. The fourth-order valence-corrected chi connectivity index (χ4v) is 3.70. The molecule has 0 bridgehead atoms. The van der Waals surface area contributed by atoms with Gasteiger partial charge in [-0.25, -0.2) is 0 Å². The summed E-state index contributed by atoms with van der Waals surface area (Å²) in [7, 11) is 0. The molecule has 2 aromatic rings. The molecule has 144 valence electrons. The van der Waals surface area contributed by atoms with Gasteiger partial charge in [-0.05, 0) is 56.8 Å². The Morgan fingerprint density at radius 1 is 1.15 bits per heavy atom. The van der Waals surface area contributed by atoms with Crippen molar-refractivity contribution >= 4 is 5.91 Å². The zero-order valence-electron chi connectivity index (χ0n) is 15.5. The van der Waals surface area contributed by atoms with E-state index in [0.29, 0.717) is 30.9 Å². The van der Waals surface area contributed by atoms with Gasteiger partial charge in [0.1, 0.15) is 6.10 Å². The highest BCUT2D eigenvalue weighted by atomic mass is 16.5. The summed E-state index contributed by atoms with van der Waals surface area (Å²) in [4.78, 5) is 14.4. The van der Waals surface area contributed by atoms with Crippen LogP contribution < -0.4 is 5.32 Å². The molecule has 7 heteroatoms. The van der Waals surface area contributed by atoms with Crippen molar-refractivity contribution in [2.45, 2.75) is 38.3 Å². The Labute approximate surface area is 159 Å². The van der Waals surface area contributed by atoms with Crippen molar-refractivity contribution < 1.29 is 13.9 Å². The quantitative estimate of drug-likeness (QED) is 0.840. The molecule has 0 aliphatic carbocycles. The first kappa shape index (κ1) is 18.1. The van der Waals surface area contributed by atoms with Gasteiger partial charge in [0.05, 0.1) is 6.54 Å². The molecule has 27 heavy (non-hydrogen) atoms. The highest BCUT2D eigenvalue weighted by Crippen LogP contribution is 2.21. The van der Waals surface area contributed by atoms with E-state index < -0.39 is 0 Å². The lowest BCUT2D eigenvalue weighted by atomic mass is 9.96. The number of likely N-dealkylation sites (tertiary alicyclic amines) is 1. The molecule has 1 atom stereocenters. The van der Waals surface area contributed by atoms with Crippen molar-refractivity contribution in [1.29, 1.82) is 0 Å². The number of aromatic nitrogens is 2. The number of hydrogen-bond donors (Lipinski definition) is 1. The summed E-state index contributed by atoms with van der Waals surface area (Å²) in [6.07, 6.45) is 3.72. The van der Waals surface area contributed by atoms with Gasteiger partial charge >= 0.3 is 0 Å². The van der Waals surface area contributed by atoms with Crippen molar-refractivity contribution in [3.63, 3.8) is 0 Å². The number of nitrogens with one attached hydrogen (secondary N) is 1. The minimum absolute atomic E-state index is 0.0502. The lowest BCUT2D eigenvalue weighted by Crippen LogP contribution is -2.41. The van der Waals surface area contributed by atoms with Crippen LogP contribution in [-0.4, -0.2) is 53.3 Å². The summed E-state index contributed by atoms with van der Waals surface area (Å²) < 4.78 is 11.2. The summed E-state index contributed by atoms with van der Waals surface area (Å²) >= 11 is 0. The van der Waals surface area contributed by atoms with E-state index in [2.05, 4.69) is 20.4 Å². The van der Waals surface area contributed by atoms with Crippen LogP contribution >= 0.6 is 0 Å². The summed E-state index contributed by atoms with van der Waals surface area (Å²) in [5.74, 6) is 1.79. The van der Waals surface area contributed by atoms with Gasteiger partial charge < -0.3 is 14.5 Å². The monoisotopic (exact) mass is 370 g/mol. The molecule has 0 radical (unpaired) electrons. The molecule has 0 unspecified atom stereocenters. The second-order valence-corrected chi connectivity index (χ2v) is 7.33. The minimum Gasteiger partial charge on any atom is -0.419 e. The number of carbonyl (C=O) groups is 1. The van der Waals surface area contributed by atoms with Crippen molar-refractivity contribution in [2.75, 3.05) is 26.2 Å². The second-order valence-electron chi connectivity index (χ2n) is 7.33. The number of carbonyl (C=O) groups excluding carboxylic acids is 1. The lowest BCUT2D eigenvalue weighted by molar-refractivity contribution is -0.130. The molecule has 1 aromatic heterocycles. The van der Waals surface area contributed by atoms with Crippen molar-refractivity contribution in [3.05, 3.63) is 36.2 Å². The van der Waals surface area contributed by atoms with Gasteiger partial charge in [-0.15, -0.1) is 10.2 Å². The number of amides is 1. The first-order chi connectivity index (χ1) is 13.3. The first-order valence-electron chi connectivity index (χ1n) is 9.77. The topological polar surface area (TPSA) is 80.5 Å². The third-order valence-corrected chi connectivity index (χ3v) is 5.34. The van der Waals surface area contributed by atoms with E-state index in [-0.39, 0.29) is 12.0 Å². The van der Waals surface area contributed by atoms with Gasteiger partial charge in [-0.3, -0.25) is 9.69 Å². The molecule has 7 nitrogen and oxygen atoms in total. The van der Waals surface area contributed by atoms with Crippen LogP contribution in [0.4, 0.5) is 0 Å². The Bertz CT molecular complexity index is 735. The smallest absolute Gasteiger partial charge is 0.249 e. The van der Waals surface area contributed by atoms with Crippen LogP contribution in [-0.2, 0) is 16.1 Å². The van der Waals surface area contributed by atoms with E-state index >= 15 is 0 Å². The van der Waals surface area contributed by atoms with Crippen LogP contribution in [0.15, 0.2) is 34.7 Å². The normalized spacial score (nSPS) is 21.4. The predicted molar refractivity (Wildman–Crippen MR) is 99.7 cm³/mol. The molecule has 2 aliphatic rings. The maximum atomic E-state index is 12.0. The third kappa shape index (κ3) is 4.73. The Balaban J connectivity index is 1.20. The van der Waals surface area contributed by atoms with Gasteiger partial charge in [-0.1, -0.05) is 18.2 Å². The molecule has 2 saturated heterocycles. The number of rotatable bonds is 6. The molecule has 2 aliphatic heterocycles. The Hall–Kier alpha value is -2.25. The molecule has 1 aromatic carbocycles. The van der Waals surface area contributed by atoms with E-state index in [0.717, 1.165) is 50.9 Å². The fourth-order valence-electron chi connectivity index (χ4n) is 3.70. The van der Waals surface area contributed by atoms with E-state index in [9.17, 15) is 4.79 Å². The van der Waals surface area contributed by atoms with Crippen molar-refractivity contribution in [1.82, 2.24) is 20.4 Å². The Morgan fingerprint density at radius 2 is 1.96 bits per heavy atom. The van der Waals surface area contributed by atoms with Gasteiger partial charge in [0.25, 0.3) is 0 Å². The van der Waals surface area contributed by atoms with Crippen LogP contribution in [0, 0.1) is 5.92 Å². The molecule has 2 fully saturated rings. The summed E-state index contributed by atoms with van der Waals surface area (Å²) in [6.45, 7) is 4.07. The highest BCUT2D eigenvalue weighted by molar-refractivity contribution is 5.80. The highest BCUT2D eigenvalue weighted by Gasteiger charge is 2.25. The summed E-state index contributed by atoms with van der Waals surface area (Å²) in [5, 5.41) is 11.4. The molecule has 1 amide bonds. The molecule has 3 heterocycles. The average Bonchev–Trinajstić information content (AvgIpc) is 3.40. The first-order valence-corrected chi connectivity index (χ1v) is 9.77. The van der Waals surface area contributed by atoms with Crippen LogP contribution in [0.2, 0.25) is 0 Å². The zero-order chi connectivity index (χ0) is 18.5. The van der Waals surface area contributed by atoms with E-state index in [1.165, 1.54) is 0 Å². The van der Waals surface area contributed by atoms with Crippen LogP contribution in [0.5, 0.6) is 0 Å². The van der Waals surface area contributed by atoms with Crippen LogP contribution in [0.25, 0.3) is 11.5 Å². The second kappa shape index (κ2) is 8.63. The Kier molecular flexibility index (Phi) is 5.79. The fraction of sp³-hybridized carbons (Fsp3) is 0.550. The number of benzene rings is 1. The van der Waals surface area contributed by atoms with Crippen LogP contribution in [0.3, 0.4) is 0 Å². The van der Waals surface area contributed by atoms with Gasteiger partial charge in [0, 0.05) is 18.7 Å². The average molecular weight is 370 g/mol. The maximum absolute atomic E-state index is 12.0. The van der Waals surface area contributed by atoms with Gasteiger partial charge in [0.15, 0.2) is 0 Å². The van der Waals surface area contributed by atoms with E-state index in [1.54, 1.807) is 0 Å². The molecule has 0 saturated carbocycles. The maximum Gasteiger partial charge on any atom is 0.249 e. The number of ether oxygens (including phenoxy) is 1. The van der Waals surface area contributed by atoms with Crippen LogP contribution in [0.1, 0.15) is 31.6 Å². The minimum atomic E-state index is -0.235. The van der Waals surface area contributed by atoms with Gasteiger partial charge in [-0.2, -0.15) is 0 Å². The predicted octanol–water partition coefficient (Wildman–Crippen LogP) is 2.24. The summed E-state index contributed by atoms with van der Waals surface area (Å²) in [6, 6.07) is 9.82. The molecular formula is C20H26N4O3. The number of hydrogen-bond acceptors (Lipinski definition) is 6. The van der Waals surface area contributed by atoms with E-state index in [1.807, 2.05) is 30.3 Å². The molecule has 1 N–H and O–H groups in total. The summed E-state index contributed by atoms with van der Waals surface area (Å²) in [5.41, 5.74) is 0.942. The molecular weight excluding hydrogens is 344 g/mol. The van der Waals surface area contributed by atoms with Gasteiger partial charge in [0.2, 0.25) is 17.7 Å². The Morgan fingerprint density at radius 3 is 2.70 bits per heavy atom. The largest absolute Gasteiger partial charge is 0.419 e. The molecule has 0 spiro atoms. The van der Waals surface area contributed by atoms with Crippen molar-refractivity contribution in [2.24, 2.45) is 5.92 Å².